The van der Waals surface area contributed by atoms with E-state index in [0.717, 1.165) is 0 Å². The van der Waals surface area contributed by atoms with Gasteiger partial charge in [-0.05, 0) is 13.8 Å². The van der Waals surface area contributed by atoms with Crippen LogP contribution in [0.3, 0.4) is 0 Å². The Labute approximate surface area is 75.6 Å². The molecule has 0 radical (unpaired) electrons. The van der Waals surface area contributed by atoms with Crippen LogP contribution >= 0.6 is 0 Å². The van der Waals surface area contributed by atoms with Crippen LogP contribution in [0.25, 0.3) is 0 Å². The molecule has 0 saturated carbocycles. The van der Waals surface area contributed by atoms with Crippen LogP contribution in [0.15, 0.2) is 0 Å². The molecule has 0 bridgehead atoms. The van der Waals surface area contributed by atoms with Crippen LogP contribution < -0.4 is 0 Å². The van der Waals surface area contributed by atoms with E-state index in [-0.39, 0.29) is 6.61 Å². The van der Waals surface area contributed by atoms with Crippen LogP contribution in [-0.4, -0.2) is 41.8 Å². The van der Waals surface area contributed by atoms with Crippen LogP contribution in [0.4, 0.5) is 0 Å². The van der Waals surface area contributed by atoms with E-state index >= 15 is 0 Å². The van der Waals surface area contributed by atoms with Gasteiger partial charge in [-0.1, -0.05) is 0 Å². The molecule has 0 aromatic rings. The topological polar surface area (TPSA) is 65.0 Å². The molecule has 74 valence electrons. The Bertz CT molecular complexity index is 237. The zero-order chi connectivity index (χ0) is 9.64. The number of aliphatic hydroxyl groups excluding tert-OH is 1. The van der Waals surface area contributed by atoms with Gasteiger partial charge in [-0.2, -0.15) is 0 Å². The van der Waals surface area contributed by atoms with Gasteiger partial charge in [0.15, 0.2) is 18.0 Å². The molecule has 2 rings (SSSR count). The summed E-state index contributed by atoms with van der Waals surface area (Å²) in [4.78, 5) is 11.2. The van der Waals surface area contributed by atoms with Crippen molar-refractivity contribution in [3.63, 3.8) is 0 Å². The first kappa shape index (κ1) is 8.93. The maximum Gasteiger partial charge on any atom is 0.338 e. The van der Waals surface area contributed by atoms with Gasteiger partial charge >= 0.3 is 5.97 Å². The third-order valence-electron chi connectivity index (χ3n) is 2.18. The molecule has 2 aliphatic rings. The van der Waals surface area contributed by atoms with Crippen molar-refractivity contribution in [2.45, 2.75) is 37.9 Å². The van der Waals surface area contributed by atoms with Crippen molar-refractivity contribution in [1.29, 1.82) is 0 Å². The summed E-state index contributed by atoms with van der Waals surface area (Å²) in [5.41, 5.74) is 0. The molecule has 3 atom stereocenters. The number of carbonyl (C=O) groups excluding carboxylic acids is 1. The monoisotopic (exact) mass is 188 g/mol. The highest BCUT2D eigenvalue weighted by atomic mass is 16.8. The molecule has 2 saturated heterocycles. The Balaban J connectivity index is 2.17. The predicted octanol–water partition coefficient (Wildman–Crippen LogP) is -0.576. The molecule has 2 aliphatic heterocycles. The number of ether oxygens (including phenoxy) is 3. The second-order valence-corrected chi connectivity index (χ2v) is 3.68. The third kappa shape index (κ3) is 1.33. The van der Waals surface area contributed by atoms with Gasteiger partial charge in [0.05, 0.1) is 6.61 Å². The highest BCUT2D eigenvalue weighted by Gasteiger charge is 2.55. The molecule has 5 heteroatoms. The molecule has 0 spiro atoms. The molecule has 0 aliphatic carbocycles. The second-order valence-electron chi connectivity index (χ2n) is 3.68. The van der Waals surface area contributed by atoms with Gasteiger partial charge in [-0.3, -0.25) is 0 Å². The van der Waals surface area contributed by atoms with Crippen LogP contribution in [0.1, 0.15) is 13.8 Å². The fourth-order valence-corrected chi connectivity index (χ4v) is 1.67. The summed E-state index contributed by atoms with van der Waals surface area (Å²) in [6, 6.07) is 0. The quantitative estimate of drug-likeness (QED) is 0.558. The molecule has 2 unspecified atom stereocenters. The van der Waals surface area contributed by atoms with Crippen molar-refractivity contribution in [3.05, 3.63) is 0 Å². The molecule has 2 heterocycles. The van der Waals surface area contributed by atoms with E-state index in [1.807, 2.05) is 0 Å². The lowest BCUT2D eigenvalue weighted by Gasteiger charge is -2.20. The summed E-state index contributed by atoms with van der Waals surface area (Å²) in [6.07, 6.45) is -1.72. The fourth-order valence-electron chi connectivity index (χ4n) is 1.67. The zero-order valence-corrected chi connectivity index (χ0v) is 7.52. The van der Waals surface area contributed by atoms with Gasteiger partial charge < -0.3 is 19.3 Å². The van der Waals surface area contributed by atoms with Crippen LogP contribution in [0.5, 0.6) is 0 Å². The van der Waals surface area contributed by atoms with Crippen LogP contribution in [0, 0.1) is 0 Å². The third-order valence-corrected chi connectivity index (χ3v) is 2.18. The van der Waals surface area contributed by atoms with Crippen molar-refractivity contribution in [1.82, 2.24) is 0 Å². The Morgan fingerprint density at radius 1 is 1.46 bits per heavy atom. The highest BCUT2D eigenvalue weighted by Crippen LogP contribution is 2.35. The maximum atomic E-state index is 11.2. The van der Waals surface area contributed by atoms with E-state index in [4.69, 9.17) is 19.3 Å². The van der Waals surface area contributed by atoms with Gasteiger partial charge in [-0.25, -0.2) is 4.79 Å². The number of hydrogen-bond acceptors (Lipinski definition) is 5. The van der Waals surface area contributed by atoms with Crippen LogP contribution in [-0.2, 0) is 19.0 Å². The highest BCUT2D eigenvalue weighted by molar-refractivity contribution is 5.78. The molecule has 2 fully saturated rings. The van der Waals surface area contributed by atoms with Gasteiger partial charge in [-0.15, -0.1) is 0 Å². The van der Waals surface area contributed by atoms with Crippen molar-refractivity contribution < 1.29 is 24.1 Å². The number of cyclic esters (lactones) is 1. The van der Waals surface area contributed by atoms with E-state index in [0.29, 0.717) is 0 Å². The van der Waals surface area contributed by atoms with E-state index in [9.17, 15) is 4.79 Å². The number of carbonyl (C=O) groups is 1. The smallest absolute Gasteiger partial charge is 0.338 e. The summed E-state index contributed by atoms with van der Waals surface area (Å²) in [7, 11) is 0. The minimum atomic E-state index is -0.762. The lowest BCUT2D eigenvalue weighted by Crippen LogP contribution is -2.31. The minimum Gasteiger partial charge on any atom is -0.455 e. The molecule has 1 N–H and O–H groups in total. The SMILES string of the molecule is CC1(C)OC2C(=O)O[C@H](CO)C2O1. The average molecular weight is 188 g/mol. The standard InChI is InChI=1S/C8H12O5/c1-8(2)12-5-4(3-9)11-7(10)6(5)13-8/h4-6,9H,3H2,1-2H3/t4-,5?,6?/m1/s1. The van der Waals surface area contributed by atoms with E-state index in [1.165, 1.54) is 0 Å². The predicted molar refractivity (Wildman–Crippen MR) is 40.8 cm³/mol. The number of esters is 1. The lowest BCUT2D eigenvalue weighted by atomic mass is 10.1. The summed E-state index contributed by atoms with van der Waals surface area (Å²) < 4.78 is 15.6. The summed E-state index contributed by atoms with van der Waals surface area (Å²) in [5.74, 6) is -1.21. The number of aliphatic hydroxyl groups is 1. The van der Waals surface area contributed by atoms with Crippen molar-refractivity contribution in [2.24, 2.45) is 0 Å². The summed E-state index contributed by atoms with van der Waals surface area (Å²) in [6.45, 7) is 3.23. The van der Waals surface area contributed by atoms with Crippen LogP contribution in [0.2, 0.25) is 0 Å². The minimum absolute atomic E-state index is 0.230. The maximum absolute atomic E-state index is 11.2. The first-order chi connectivity index (χ1) is 6.03. The molecule has 5 nitrogen and oxygen atoms in total. The average Bonchev–Trinajstić information content (AvgIpc) is 2.47. The number of hydrogen-bond donors (Lipinski definition) is 1. The molecular formula is C8H12O5. The molecule has 0 amide bonds. The second kappa shape index (κ2) is 2.67. The van der Waals surface area contributed by atoms with Gasteiger partial charge in [0.25, 0.3) is 0 Å². The zero-order valence-electron chi connectivity index (χ0n) is 7.52. The molecule has 0 aromatic heterocycles. The summed E-state index contributed by atoms with van der Waals surface area (Å²) >= 11 is 0. The fraction of sp³-hybridized carbons (Fsp3) is 0.875. The summed E-state index contributed by atoms with van der Waals surface area (Å²) in [5, 5.41) is 8.89. The van der Waals surface area contributed by atoms with E-state index < -0.39 is 30.1 Å². The lowest BCUT2D eigenvalue weighted by molar-refractivity contribution is -0.188. The largest absolute Gasteiger partial charge is 0.455 e. The number of fused-ring (bicyclic) bond motifs is 1. The van der Waals surface area contributed by atoms with Crippen molar-refractivity contribution in [2.75, 3.05) is 6.61 Å². The van der Waals surface area contributed by atoms with E-state index in [2.05, 4.69) is 0 Å². The van der Waals surface area contributed by atoms with Gasteiger partial charge in [0, 0.05) is 0 Å². The van der Waals surface area contributed by atoms with Gasteiger partial charge in [0.1, 0.15) is 6.10 Å². The van der Waals surface area contributed by atoms with E-state index in [1.54, 1.807) is 13.8 Å². The van der Waals surface area contributed by atoms with Crippen molar-refractivity contribution in [3.8, 4) is 0 Å². The molecule has 13 heavy (non-hydrogen) atoms. The normalized spacial score (nSPS) is 41.8. The molecular weight excluding hydrogens is 176 g/mol. The Morgan fingerprint density at radius 3 is 2.77 bits per heavy atom. The van der Waals surface area contributed by atoms with Gasteiger partial charge in [0.2, 0.25) is 0 Å². The first-order valence-corrected chi connectivity index (χ1v) is 4.20. The number of rotatable bonds is 1. The Hall–Kier alpha value is -0.650. The first-order valence-electron chi connectivity index (χ1n) is 4.20. The Morgan fingerprint density at radius 2 is 2.15 bits per heavy atom. The van der Waals surface area contributed by atoms with Crippen molar-refractivity contribution >= 4 is 5.97 Å². The Kier molecular flexibility index (Phi) is 1.83. The molecule has 0 aromatic carbocycles.